The van der Waals surface area contributed by atoms with Crippen molar-refractivity contribution in [1.29, 1.82) is 0 Å². The third-order valence-corrected chi connectivity index (χ3v) is 2.58. The summed E-state index contributed by atoms with van der Waals surface area (Å²) in [7, 11) is 0. The second kappa shape index (κ2) is 5.62. The second-order valence-corrected chi connectivity index (χ2v) is 4.17. The minimum Gasteiger partial charge on any atom is -0.479 e. The van der Waals surface area contributed by atoms with Gasteiger partial charge in [-0.2, -0.15) is 4.98 Å². The fourth-order valence-corrected chi connectivity index (χ4v) is 1.40. The number of aliphatic carboxylic acids is 1. The topological polar surface area (TPSA) is 85.5 Å². The highest BCUT2D eigenvalue weighted by Crippen LogP contribution is 2.17. The summed E-state index contributed by atoms with van der Waals surface area (Å²) in [6.07, 6.45) is -0.902. The first-order chi connectivity index (χ1) is 9.06. The van der Waals surface area contributed by atoms with Crippen LogP contribution < -0.4 is 0 Å². The molecule has 1 aromatic heterocycles. The number of nitrogens with zero attached hydrogens (tertiary/aromatic N) is 2. The van der Waals surface area contributed by atoms with Gasteiger partial charge in [-0.05, 0) is 26.0 Å². The van der Waals surface area contributed by atoms with Crippen LogP contribution in [-0.4, -0.2) is 27.3 Å². The van der Waals surface area contributed by atoms with E-state index in [0.717, 1.165) is 11.1 Å². The van der Waals surface area contributed by atoms with E-state index in [1.807, 2.05) is 31.2 Å². The van der Waals surface area contributed by atoms with Crippen LogP contribution in [0.3, 0.4) is 0 Å². The molecule has 0 fully saturated rings. The highest BCUT2D eigenvalue weighted by Gasteiger charge is 2.14. The molecule has 0 aliphatic carbocycles. The first-order valence-corrected chi connectivity index (χ1v) is 5.80. The van der Waals surface area contributed by atoms with Crippen LogP contribution in [0.4, 0.5) is 0 Å². The number of carbonyl (C=O) groups is 1. The molecule has 0 saturated heterocycles. The molecule has 1 aromatic carbocycles. The van der Waals surface area contributed by atoms with Gasteiger partial charge in [0.2, 0.25) is 0 Å². The molecule has 19 heavy (non-hydrogen) atoms. The lowest BCUT2D eigenvalue weighted by Crippen LogP contribution is -2.19. The van der Waals surface area contributed by atoms with Gasteiger partial charge in [0.05, 0.1) is 0 Å². The molecular weight excluding hydrogens is 248 g/mol. The first-order valence-electron chi connectivity index (χ1n) is 5.80. The van der Waals surface area contributed by atoms with Crippen molar-refractivity contribution in [2.45, 2.75) is 26.6 Å². The average Bonchev–Trinajstić information content (AvgIpc) is 2.85. The zero-order valence-electron chi connectivity index (χ0n) is 10.7. The average molecular weight is 262 g/mol. The largest absolute Gasteiger partial charge is 0.479 e. The smallest absolute Gasteiger partial charge is 0.332 e. The Balaban J connectivity index is 2.03. The summed E-state index contributed by atoms with van der Waals surface area (Å²) in [6.45, 7) is 3.44. The third kappa shape index (κ3) is 3.38. The molecule has 0 bridgehead atoms. The van der Waals surface area contributed by atoms with Crippen molar-refractivity contribution in [3.05, 3.63) is 35.7 Å². The summed E-state index contributed by atoms with van der Waals surface area (Å²) in [5.41, 5.74) is 1.96. The lowest BCUT2D eigenvalue weighted by atomic mass is 10.1. The minimum atomic E-state index is -1.03. The summed E-state index contributed by atoms with van der Waals surface area (Å²) < 4.78 is 10.2. The number of carboxylic acid groups (broad SMARTS) is 1. The Morgan fingerprint density at radius 2 is 2.11 bits per heavy atom. The molecule has 100 valence electrons. The van der Waals surface area contributed by atoms with Crippen LogP contribution in [0.15, 0.2) is 28.8 Å². The van der Waals surface area contributed by atoms with E-state index in [-0.39, 0.29) is 6.61 Å². The third-order valence-electron chi connectivity index (χ3n) is 2.58. The van der Waals surface area contributed by atoms with Crippen LogP contribution in [-0.2, 0) is 16.1 Å². The molecule has 6 heteroatoms. The van der Waals surface area contributed by atoms with Crippen LogP contribution >= 0.6 is 0 Å². The number of rotatable bonds is 5. The second-order valence-electron chi connectivity index (χ2n) is 4.17. The zero-order valence-corrected chi connectivity index (χ0v) is 10.7. The lowest BCUT2D eigenvalue weighted by Gasteiger charge is -2.04. The Kier molecular flexibility index (Phi) is 3.91. The monoisotopic (exact) mass is 262 g/mol. The molecule has 0 amide bonds. The number of aryl methyl sites for hydroxylation is 1. The van der Waals surface area contributed by atoms with Crippen molar-refractivity contribution in [2.75, 3.05) is 0 Å². The normalized spacial score (nSPS) is 12.3. The molecule has 2 rings (SSSR count). The van der Waals surface area contributed by atoms with E-state index >= 15 is 0 Å². The van der Waals surface area contributed by atoms with Crippen LogP contribution in [0.1, 0.15) is 18.3 Å². The van der Waals surface area contributed by atoms with Gasteiger partial charge in [-0.25, -0.2) is 4.79 Å². The number of benzene rings is 1. The van der Waals surface area contributed by atoms with Gasteiger partial charge in [0.15, 0.2) is 11.9 Å². The summed E-state index contributed by atoms with van der Waals surface area (Å²) in [5.74, 6) is -0.312. The lowest BCUT2D eigenvalue weighted by molar-refractivity contribution is -0.150. The van der Waals surface area contributed by atoms with Gasteiger partial charge in [0.25, 0.3) is 5.89 Å². The molecule has 2 aromatic rings. The van der Waals surface area contributed by atoms with E-state index in [1.54, 1.807) is 0 Å². The summed E-state index contributed by atoms with van der Waals surface area (Å²) in [4.78, 5) is 14.7. The summed E-state index contributed by atoms with van der Waals surface area (Å²) >= 11 is 0. The van der Waals surface area contributed by atoms with E-state index in [0.29, 0.717) is 11.7 Å². The predicted octanol–water partition coefficient (Wildman–Crippen LogP) is 2.03. The molecule has 0 radical (unpaired) electrons. The Hall–Kier alpha value is -2.21. The molecule has 1 heterocycles. The van der Waals surface area contributed by atoms with Gasteiger partial charge >= 0.3 is 5.97 Å². The van der Waals surface area contributed by atoms with Gasteiger partial charge in [0, 0.05) is 5.56 Å². The maximum Gasteiger partial charge on any atom is 0.332 e. The Morgan fingerprint density at radius 3 is 2.74 bits per heavy atom. The molecule has 6 nitrogen and oxygen atoms in total. The van der Waals surface area contributed by atoms with Gasteiger partial charge in [-0.3, -0.25) is 0 Å². The standard InChI is InChI=1S/C13H14N2O4/c1-8-3-5-10(6-4-8)12-14-11(15-19-12)7-18-9(2)13(16)17/h3-6,9H,7H2,1-2H3,(H,16,17)/t9-/m1/s1. The van der Waals surface area contributed by atoms with Crippen molar-refractivity contribution in [2.24, 2.45) is 0 Å². The van der Waals surface area contributed by atoms with Crippen molar-refractivity contribution in [3.63, 3.8) is 0 Å². The van der Waals surface area contributed by atoms with Crippen LogP contribution in [0.5, 0.6) is 0 Å². The molecular formula is C13H14N2O4. The molecule has 0 aliphatic rings. The highest BCUT2D eigenvalue weighted by atomic mass is 16.5. The van der Waals surface area contributed by atoms with Gasteiger partial charge in [-0.1, -0.05) is 22.9 Å². The molecule has 0 aliphatic heterocycles. The Labute approximate surface area is 110 Å². The number of carboxylic acids is 1. The number of hydrogen-bond donors (Lipinski definition) is 1. The summed E-state index contributed by atoms with van der Waals surface area (Å²) in [5, 5.41) is 12.4. The molecule has 1 atom stereocenters. The number of aromatic nitrogens is 2. The maximum atomic E-state index is 10.6. The quantitative estimate of drug-likeness (QED) is 0.887. The molecule has 0 saturated carbocycles. The Bertz CT molecular complexity index is 562. The van der Waals surface area contributed by atoms with Crippen LogP contribution in [0, 0.1) is 6.92 Å². The predicted molar refractivity (Wildman–Crippen MR) is 66.4 cm³/mol. The maximum absolute atomic E-state index is 10.6. The highest BCUT2D eigenvalue weighted by molar-refractivity contribution is 5.71. The van der Waals surface area contributed by atoms with Gasteiger partial charge in [0.1, 0.15) is 6.61 Å². The van der Waals surface area contributed by atoms with E-state index < -0.39 is 12.1 Å². The Morgan fingerprint density at radius 1 is 1.42 bits per heavy atom. The van der Waals surface area contributed by atoms with E-state index in [2.05, 4.69) is 10.1 Å². The number of ether oxygens (including phenoxy) is 1. The first kappa shape index (κ1) is 13.2. The van der Waals surface area contributed by atoms with Crippen molar-refractivity contribution in [1.82, 2.24) is 10.1 Å². The minimum absolute atomic E-state index is 0.00281. The zero-order chi connectivity index (χ0) is 13.8. The molecule has 1 N–H and O–H groups in total. The van der Waals surface area contributed by atoms with Crippen molar-refractivity contribution in [3.8, 4) is 11.5 Å². The van der Waals surface area contributed by atoms with Gasteiger partial charge in [-0.15, -0.1) is 0 Å². The van der Waals surface area contributed by atoms with E-state index in [1.165, 1.54) is 6.92 Å². The molecule has 0 spiro atoms. The summed E-state index contributed by atoms with van der Waals surface area (Å²) in [6, 6.07) is 7.66. The molecule has 0 unspecified atom stereocenters. The van der Waals surface area contributed by atoms with E-state index in [9.17, 15) is 4.79 Å². The fourth-order valence-electron chi connectivity index (χ4n) is 1.40. The SMILES string of the molecule is Cc1ccc(-c2nc(CO[C@H](C)C(=O)O)no2)cc1. The number of hydrogen-bond acceptors (Lipinski definition) is 5. The van der Waals surface area contributed by atoms with Crippen molar-refractivity contribution < 1.29 is 19.2 Å². The fraction of sp³-hybridized carbons (Fsp3) is 0.308. The van der Waals surface area contributed by atoms with E-state index in [4.69, 9.17) is 14.4 Å². The van der Waals surface area contributed by atoms with Crippen LogP contribution in [0.2, 0.25) is 0 Å². The van der Waals surface area contributed by atoms with Crippen molar-refractivity contribution >= 4 is 5.97 Å². The van der Waals surface area contributed by atoms with Gasteiger partial charge < -0.3 is 14.4 Å². The van der Waals surface area contributed by atoms with Crippen LogP contribution in [0.25, 0.3) is 11.5 Å².